The second kappa shape index (κ2) is 14.9. The van der Waals surface area contributed by atoms with Gasteiger partial charge in [0.05, 0.1) is 5.58 Å². The van der Waals surface area contributed by atoms with Crippen LogP contribution in [0.25, 0.3) is 55.6 Å². The second-order valence-corrected chi connectivity index (χ2v) is 14.1. The Morgan fingerprint density at radius 1 is 0.740 bits per heavy atom. The number of para-hydroxylation sites is 1. The molecule has 257 valence electrons. The van der Waals surface area contributed by atoms with E-state index >= 15 is 0 Å². The Kier molecular flexibility index (Phi) is 7.34. The largest absolute Gasteiger partial charge is 0.501 e. The van der Waals surface area contributed by atoms with Crippen LogP contribution >= 0.6 is 0 Å². The molecule has 4 aromatic carbocycles. The Bertz CT molecular complexity index is 2590. The Labute approximate surface area is 327 Å². The SMILES string of the molecule is [2H]C([2H])([2H])c1c[c-]c(-c2ccc(C(C)(C)C)cn2)cc1.[2H]C([2H])([2H])c1cnc(-c2[c-]ccc3c2oc2ccccc23)cc1-c1ccc(C([2H])([2H])C(C)(C)C)cc1C([2H])([2H])[2H].[Ir]. The van der Waals surface area contributed by atoms with Crippen molar-refractivity contribution in [1.29, 1.82) is 0 Å². The quantitative estimate of drug-likeness (QED) is 0.166. The molecule has 0 fully saturated rings. The van der Waals surface area contributed by atoms with Crippen molar-refractivity contribution in [3.63, 3.8) is 0 Å². The Hall–Kier alpha value is -4.37. The number of hydrogen-bond donors (Lipinski definition) is 0. The topological polar surface area (TPSA) is 38.9 Å². The third kappa shape index (κ3) is 8.32. The van der Waals surface area contributed by atoms with Crippen molar-refractivity contribution in [2.24, 2.45) is 5.41 Å². The molecule has 3 heterocycles. The first kappa shape index (κ1) is 24.7. The van der Waals surface area contributed by atoms with Gasteiger partial charge in [-0.2, -0.15) is 0 Å². The van der Waals surface area contributed by atoms with E-state index in [4.69, 9.17) is 19.5 Å². The van der Waals surface area contributed by atoms with Gasteiger partial charge in [0.15, 0.2) is 0 Å². The molecule has 0 unspecified atom stereocenters. The molecule has 0 aliphatic rings. The molecule has 50 heavy (non-hydrogen) atoms. The van der Waals surface area contributed by atoms with Crippen LogP contribution in [0.2, 0.25) is 0 Å². The van der Waals surface area contributed by atoms with Crippen LogP contribution in [0.1, 0.15) is 84.4 Å². The second-order valence-electron chi connectivity index (χ2n) is 14.1. The molecule has 0 saturated carbocycles. The van der Waals surface area contributed by atoms with Gasteiger partial charge in [-0.15, -0.1) is 53.6 Å². The van der Waals surface area contributed by atoms with Crippen molar-refractivity contribution < 1.29 is 39.6 Å². The number of benzene rings is 4. The fourth-order valence-electron chi connectivity index (χ4n) is 5.57. The summed E-state index contributed by atoms with van der Waals surface area (Å²) >= 11 is 0. The summed E-state index contributed by atoms with van der Waals surface area (Å²) in [5.41, 5.74) is 4.77. The standard InChI is InChI=1S/C30H28NO.C16H18N.Ir/c1-19-15-21(17-30(3,4)5)13-14-22(19)26-16-27(31-18-20(26)2)25-11-8-10-24-23-9-6-7-12-28(23)32-29(24)25;1-12-5-7-13(8-6-12)15-10-9-14(11-17-15)16(2,3)4;/h6-10,12-16,18H,17H2,1-5H3;5-7,9-11H,1-4H3;/q2*-1;/i1D3,2D3,17D2;1D3;. The van der Waals surface area contributed by atoms with Crippen molar-refractivity contribution in [3.8, 4) is 33.6 Å². The van der Waals surface area contributed by atoms with Gasteiger partial charge in [-0.3, -0.25) is 0 Å². The van der Waals surface area contributed by atoms with Crippen LogP contribution in [0.3, 0.4) is 0 Å². The minimum atomic E-state index is -2.64. The monoisotopic (exact) mass is 846 g/mol. The predicted octanol–water partition coefficient (Wildman–Crippen LogP) is 12.5. The van der Waals surface area contributed by atoms with Gasteiger partial charge < -0.3 is 14.4 Å². The fraction of sp³-hybridized carbons (Fsp3) is 0.261. The van der Waals surface area contributed by atoms with Gasteiger partial charge in [0, 0.05) is 53.0 Å². The van der Waals surface area contributed by atoms with Crippen LogP contribution in [0.5, 0.6) is 0 Å². The summed E-state index contributed by atoms with van der Waals surface area (Å²) in [6.07, 6.45) is 1.27. The van der Waals surface area contributed by atoms with Crippen molar-refractivity contribution in [1.82, 2.24) is 9.97 Å². The summed E-state index contributed by atoms with van der Waals surface area (Å²) in [7, 11) is 0. The molecule has 4 heteroatoms. The Balaban J connectivity index is 0.000000282. The first-order valence-electron chi connectivity index (χ1n) is 21.7. The molecular formula is C46H46IrN2O-2. The number of aromatic nitrogens is 2. The summed E-state index contributed by atoms with van der Waals surface area (Å²) in [5, 5.41) is 1.77. The molecule has 3 nitrogen and oxygen atoms in total. The summed E-state index contributed by atoms with van der Waals surface area (Å²) < 4.78 is 94.8. The van der Waals surface area contributed by atoms with Crippen molar-refractivity contribution in [2.45, 2.75) is 73.9 Å². The van der Waals surface area contributed by atoms with Crippen LogP contribution in [0.15, 0.2) is 108 Å². The molecule has 7 rings (SSSR count). The first-order valence-corrected chi connectivity index (χ1v) is 16.2. The van der Waals surface area contributed by atoms with E-state index in [1.807, 2.05) is 48.7 Å². The molecule has 0 spiro atoms. The van der Waals surface area contributed by atoms with E-state index in [2.05, 4.69) is 42.9 Å². The normalized spacial score (nSPS) is 15.9. The zero-order valence-corrected chi connectivity index (χ0v) is 31.3. The average Bonchev–Trinajstić information content (AvgIpc) is 3.55. The molecule has 0 N–H and O–H groups in total. The molecule has 0 saturated heterocycles. The molecule has 3 aromatic heterocycles. The zero-order valence-electron chi connectivity index (χ0n) is 40.0. The number of hydrogen-bond acceptors (Lipinski definition) is 3. The van der Waals surface area contributed by atoms with Crippen LogP contribution < -0.4 is 0 Å². The number of pyridine rings is 2. The van der Waals surface area contributed by atoms with E-state index < -0.39 is 32.3 Å². The molecule has 0 aliphatic heterocycles. The van der Waals surface area contributed by atoms with Crippen LogP contribution in [-0.2, 0) is 31.9 Å². The molecule has 0 bridgehead atoms. The van der Waals surface area contributed by atoms with Gasteiger partial charge >= 0.3 is 0 Å². The summed E-state index contributed by atoms with van der Waals surface area (Å²) in [6, 6.07) is 32.2. The van der Waals surface area contributed by atoms with Gasteiger partial charge in [-0.25, -0.2) is 0 Å². The smallest absolute Gasteiger partial charge is 0.120 e. The Morgan fingerprint density at radius 3 is 2.22 bits per heavy atom. The predicted molar refractivity (Wildman–Crippen MR) is 206 cm³/mol. The van der Waals surface area contributed by atoms with E-state index in [1.54, 1.807) is 45.0 Å². The Morgan fingerprint density at radius 2 is 1.54 bits per heavy atom. The number of furan rings is 1. The summed E-state index contributed by atoms with van der Waals surface area (Å²) in [4.78, 5) is 8.89. The van der Waals surface area contributed by atoms with Crippen molar-refractivity contribution in [3.05, 3.63) is 143 Å². The van der Waals surface area contributed by atoms with E-state index in [9.17, 15) is 0 Å². The average molecular weight is 846 g/mol. The van der Waals surface area contributed by atoms with E-state index in [1.165, 1.54) is 36.0 Å². The molecule has 0 atom stereocenters. The number of fused-ring (bicyclic) bond motifs is 3. The van der Waals surface area contributed by atoms with Crippen LogP contribution in [-0.4, -0.2) is 9.97 Å². The van der Waals surface area contributed by atoms with E-state index in [-0.39, 0.29) is 53.3 Å². The zero-order chi connectivity index (χ0) is 44.2. The number of rotatable bonds is 4. The van der Waals surface area contributed by atoms with Gasteiger partial charge in [-0.1, -0.05) is 114 Å². The third-order valence-electron chi connectivity index (χ3n) is 8.05. The summed E-state index contributed by atoms with van der Waals surface area (Å²) in [5.74, 6) is 0. The molecule has 1 radical (unpaired) electrons. The van der Waals surface area contributed by atoms with Crippen molar-refractivity contribution in [2.75, 3.05) is 0 Å². The first-order chi connectivity index (χ1) is 27.7. The van der Waals surface area contributed by atoms with Crippen LogP contribution in [0, 0.1) is 38.1 Å². The van der Waals surface area contributed by atoms with Gasteiger partial charge in [0.25, 0.3) is 0 Å². The molecule has 7 aromatic rings. The minimum absolute atomic E-state index is 0. The van der Waals surface area contributed by atoms with Crippen LogP contribution in [0.4, 0.5) is 0 Å². The van der Waals surface area contributed by atoms with E-state index in [0.29, 0.717) is 28.0 Å². The minimum Gasteiger partial charge on any atom is -0.501 e. The maximum Gasteiger partial charge on any atom is 0.120 e. The number of aryl methyl sites for hydroxylation is 3. The third-order valence-corrected chi connectivity index (χ3v) is 8.05. The summed E-state index contributed by atoms with van der Waals surface area (Å²) in [6.45, 7) is 4.34. The maximum atomic E-state index is 8.67. The fourth-order valence-corrected chi connectivity index (χ4v) is 5.57. The van der Waals surface area contributed by atoms with Crippen molar-refractivity contribution >= 4 is 21.9 Å². The van der Waals surface area contributed by atoms with Gasteiger partial charge in [0.1, 0.15) is 5.58 Å². The van der Waals surface area contributed by atoms with E-state index in [0.717, 1.165) is 22.0 Å². The molecule has 0 aliphatic carbocycles. The van der Waals surface area contributed by atoms with Gasteiger partial charge in [-0.05, 0) is 81.7 Å². The molecule has 0 amide bonds. The maximum absolute atomic E-state index is 8.67. The number of nitrogens with zero attached hydrogens (tertiary/aromatic N) is 2. The van der Waals surface area contributed by atoms with Gasteiger partial charge in [0.2, 0.25) is 0 Å². The molecular weight excluding hydrogens is 789 g/mol.